The standard InChI is InChI=1S/C18H20N2O6/c1-23-14-6-5-11(7-13(14)21)10-19-20-18(22)12-8-15(24-2)17(26-4)16(9-12)25-3/h5-10,21H,1-4H3,(H,20,22)/b19-10-. The zero-order valence-electron chi connectivity index (χ0n) is 14.9. The number of rotatable bonds is 7. The smallest absolute Gasteiger partial charge is 0.271 e. The molecule has 0 heterocycles. The normalized spacial score (nSPS) is 10.5. The van der Waals surface area contributed by atoms with E-state index in [2.05, 4.69) is 10.5 Å². The molecular formula is C18H20N2O6. The number of hydrogen-bond acceptors (Lipinski definition) is 7. The van der Waals surface area contributed by atoms with Crippen molar-refractivity contribution in [3.63, 3.8) is 0 Å². The number of nitrogens with zero attached hydrogens (tertiary/aromatic N) is 1. The van der Waals surface area contributed by atoms with Gasteiger partial charge in [0.25, 0.3) is 5.91 Å². The van der Waals surface area contributed by atoms with E-state index >= 15 is 0 Å². The second-order valence-electron chi connectivity index (χ2n) is 5.04. The second kappa shape index (κ2) is 8.61. The number of amides is 1. The van der Waals surface area contributed by atoms with Crippen LogP contribution in [0.5, 0.6) is 28.7 Å². The molecule has 1 amide bonds. The summed E-state index contributed by atoms with van der Waals surface area (Å²) in [5, 5.41) is 13.6. The second-order valence-corrected chi connectivity index (χ2v) is 5.04. The number of hydrazone groups is 1. The summed E-state index contributed by atoms with van der Waals surface area (Å²) in [6, 6.07) is 7.79. The van der Waals surface area contributed by atoms with E-state index in [0.29, 0.717) is 28.6 Å². The Morgan fingerprint density at radius 2 is 1.58 bits per heavy atom. The fourth-order valence-corrected chi connectivity index (χ4v) is 2.23. The van der Waals surface area contributed by atoms with Gasteiger partial charge in [-0.2, -0.15) is 5.10 Å². The molecule has 138 valence electrons. The highest BCUT2D eigenvalue weighted by Crippen LogP contribution is 2.38. The Labute approximate surface area is 151 Å². The highest BCUT2D eigenvalue weighted by Gasteiger charge is 2.16. The Balaban J connectivity index is 2.16. The molecule has 2 rings (SSSR count). The summed E-state index contributed by atoms with van der Waals surface area (Å²) in [5.41, 5.74) is 3.28. The van der Waals surface area contributed by atoms with Crippen molar-refractivity contribution in [2.75, 3.05) is 28.4 Å². The fraction of sp³-hybridized carbons (Fsp3) is 0.222. The number of carbonyl (C=O) groups excluding carboxylic acids is 1. The number of carbonyl (C=O) groups is 1. The first-order valence-corrected chi connectivity index (χ1v) is 7.54. The topological polar surface area (TPSA) is 98.6 Å². The van der Waals surface area contributed by atoms with E-state index in [1.54, 1.807) is 12.1 Å². The minimum absolute atomic E-state index is 0.0209. The lowest BCUT2D eigenvalue weighted by molar-refractivity contribution is 0.0954. The molecule has 0 saturated carbocycles. The van der Waals surface area contributed by atoms with Gasteiger partial charge in [0.2, 0.25) is 5.75 Å². The van der Waals surface area contributed by atoms with E-state index < -0.39 is 5.91 Å². The van der Waals surface area contributed by atoms with Crippen molar-refractivity contribution < 1.29 is 28.8 Å². The van der Waals surface area contributed by atoms with Gasteiger partial charge in [-0.15, -0.1) is 0 Å². The van der Waals surface area contributed by atoms with Gasteiger partial charge in [0, 0.05) is 5.56 Å². The van der Waals surface area contributed by atoms with Gasteiger partial charge in [-0.1, -0.05) is 0 Å². The van der Waals surface area contributed by atoms with Crippen LogP contribution in [0.3, 0.4) is 0 Å². The quantitative estimate of drug-likeness (QED) is 0.580. The van der Waals surface area contributed by atoms with Crippen molar-refractivity contribution in [2.45, 2.75) is 0 Å². The van der Waals surface area contributed by atoms with Crippen molar-refractivity contribution >= 4 is 12.1 Å². The molecule has 26 heavy (non-hydrogen) atoms. The van der Waals surface area contributed by atoms with Gasteiger partial charge in [-0.05, 0) is 35.9 Å². The van der Waals surface area contributed by atoms with Crippen molar-refractivity contribution in [1.82, 2.24) is 5.43 Å². The molecule has 2 N–H and O–H groups in total. The van der Waals surface area contributed by atoms with Gasteiger partial charge in [0.05, 0.1) is 34.7 Å². The third-order valence-electron chi connectivity index (χ3n) is 3.51. The maximum Gasteiger partial charge on any atom is 0.271 e. The minimum atomic E-state index is -0.460. The fourth-order valence-electron chi connectivity index (χ4n) is 2.23. The molecule has 8 heteroatoms. The molecule has 0 aliphatic rings. The van der Waals surface area contributed by atoms with E-state index in [0.717, 1.165) is 0 Å². The zero-order valence-corrected chi connectivity index (χ0v) is 14.9. The lowest BCUT2D eigenvalue weighted by Gasteiger charge is -2.13. The first-order valence-electron chi connectivity index (χ1n) is 7.54. The summed E-state index contributed by atoms with van der Waals surface area (Å²) in [7, 11) is 5.87. The lowest BCUT2D eigenvalue weighted by Crippen LogP contribution is -2.18. The summed E-state index contributed by atoms with van der Waals surface area (Å²) in [4.78, 5) is 12.3. The summed E-state index contributed by atoms with van der Waals surface area (Å²) < 4.78 is 20.6. The largest absolute Gasteiger partial charge is 0.504 e. The average Bonchev–Trinajstić information content (AvgIpc) is 2.66. The van der Waals surface area contributed by atoms with E-state index in [4.69, 9.17) is 18.9 Å². The van der Waals surface area contributed by atoms with Crippen LogP contribution in [0.25, 0.3) is 0 Å². The van der Waals surface area contributed by atoms with Crippen LogP contribution >= 0.6 is 0 Å². The molecule has 0 aliphatic carbocycles. The Morgan fingerprint density at radius 3 is 2.08 bits per heavy atom. The number of nitrogens with one attached hydrogen (secondary N) is 1. The van der Waals surface area contributed by atoms with Gasteiger partial charge in [-0.3, -0.25) is 4.79 Å². The number of phenols is 1. The van der Waals surface area contributed by atoms with Crippen LogP contribution in [-0.4, -0.2) is 45.7 Å². The summed E-state index contributed by atoms with van der Waals surface area (Å²) in [5.74, 6) is 0.986. The maximum atomic E-state index is 12.3. The first-order chi connectivity index (χ1) is 12.5. The Morgan fingerprint density at radius 1 is 0.962 bits per heavy atom. The number of aromatic hydroxyl groups is 1. The molecule has 0 saturated heterocycles. The van der Waals surface area contributed by atoms with Crippen molar-refractivity contribution in [3.05, 3.63) is 41.5 Å². The highest BCUT2D eigenvalue weighted by atomic mass is 16.5. The van der Waals surface area contributed by atoms with Crippen LogP contribution in [0.2, 0.25) is 0 Å². The van der Waals surface area contributed by atoms with Crippen LogP contribution < -0.4 is 24.4 Å². The Kier molecular flexibility index (Phi) is 6.26. The zero-order chi connectivity index (χ0) is 19.1. The van der Waals surface area contributed by atoms with Crippen LogP contribution in [0.15, 0.2) is 35.4 Å². The monoisotopic (exact) mass is 360 g/mol. The predicted molar refractivity (Wildman–Crippen MR) is 95.8 cm³/mol. The molecule has 0 fully saturated rings. The van der Waals surface area contributed by atoms with Gasteiger partial charge < -0.3 is 24.1 Å². The summed E-state index contributed by atoms with van der Waals surface area (Å²) in [6.07, 6.45) is 1.40. The van der Waals surface area contributed by atoms with Gasteiger partial charge in [0.1, 0.15) is 0 Å². The van der Waals surface area contributed by atoms with Gasteiger partial charge >= 0.3 is 0 Å². The van der Waals surface area contributed by atoms with Crippen molar-refractivity contribution in [3.8, 4) is 28.7 Å². The molecule has 0 unspecified atom stereocenters. The van der Waals surface area contributed by atoms with E-state index in [-0.39, 0.29) is 11.3 Å². The SMILES string of the molecule is COc1ccc(/C=N\NC(=O)c2cc(OC)c(OC)c(OC)c2)cc1O. The maximum absolute atomic E-state index is 12.3. The third-order valence-corrected chi connectivity index (χ3v) is 3.51. The van der Waals surface area contributed by atoms with E-state index in [1.807, 2.05) is 0 Å². The number of phenolic OH excluding ortho intramolecular Hbond substituents is 1. The van der Waals surface area contributed by atoms with Gasteiger partial charge in [0.15, 0.2) is 23.0 Å². The van der Waals surface area contributed by atoms with E-state index in [1.165, 1.54) is 52.9 Å². The molecule has 0 atom stereocenters. The highest BCUT2D eigenvalue weighted by molar-refractivity contribution is 5.96. The van der Waals surface area contributed by atoms with Crippen LogP contribution in [0.4, 0.5) is 0 Å². The predicted octanol–water partition coefficient (Wildman–Crippen LogP) is 2.19. The Hall–Kier alpha value is -3.42. The number of methoxy groups -OCH3 is 4. The molecule has 0 bridgehead atoms. The molecule has 0 aliphatic heterocycles. The number of ether oxygens (including phenoxy) is 4. The molecule has 0 radical (unpaired) electrons. The van der Waals surface area contributed by atoms with Crippen molar-refractivity contribution in [2.24, 2.45) is 5.10 Å². The number of hydrogen-bond donors (Lipinski definition) is 2. The molecule has 0 aromatic heterocycles. The van der Waals surface area contributed by atoms with E-state index in [9.17, 15) is 9.90 Å². The van der Waals surface area contributed by atoms with Crippen LogP contribution in [0, 0.1) is 0 Å². The van der Waals surface area contributed by atoms with Gasteiger partial charge in [-0.25, -0.2) is 5.43 Å². The molecule has 2 aromatic carbocycles. The average molecular weight is 360 g/mol. The lowest BCUT2D eigenvalue weighted by atomic mass is 10.1. The molecule has 0 spiro atoms. The van der Waals surface area contributed by atoms with Crippen molar-refractivity contribution in [1.29, 1.82) is 0 Å². The van der Waals surface area contributed by atoms with Crippen LogP contribution in [-0.2, 0) is 0 Å². The minimum Gasteiger partial charge on any atom is -0.504 e. The number of benzene rings is 2. The molecule has 2 aromatic rings. The first kappa shape index (κ1) is 18.9. The molecule has 8 nitrogen and oxygen atoms in total. The summed E-state index contributed by atoms with van der Waals surface area (Å²) in [6.45, 7) is 0. The molecular weight excluding hydrogens is 340 g/mol. The summed E-state index contributed by atoms with van der Waals surface area (Å²) >= 11 is 0. The van der Waals surface area contributed by atoms with Crippen LogP contribution in [0.1, 0.15) is 15.9 Å². The third kappa shape index (κ3) is 4.15. The Bertz CT molecular complexity index is 794.